The van der Waals surface area contributed by atoms with Gasteiger partial charge in [-0.1, -0.05) is 37.3 Å². The molecular weight excluding hydrogens is 228 g/mol. The topological polar surface area (TPSA) is 61.4 Å². The molecule has 0 spiro atoms. The Hall–Kier alpha value is -1.39. The molecule has 1 aromatic carbocycles. The van der Waals surface area contributed by atoms with Gasteiger partial charge in [-0.15, -0.1) is 0 Å². The van der Waals surface area contributed by atoms with Crippen LogP contribution in [-0.2, 0) is 4.79 Å². The molecule has 1 amide bonds. The van der Waals surface area contributed by atoms with Crippen LogP contribution in [0, 0.1) is 0 Å². The van der Waals surface area contributed by atoms with Crippen LogP contribution < -0.4 is 10.6 Å². The van der Waals surface area contributed by atoms with Gasteiger partial charge in [0.15, 0.2) is 0 Å². The maximum Gasteiger partial charge on any atom is 0.222 e. The summed E-state index contributed by atoms with van der Waals surface area (Å²) in [6, 6.07) is 9.31. The van der Waals surface area contributed by atoms with Crippen LogP contribution in [0.1, 0.15) is 31.9 Å². The molecule has 0 bridgehead atoms. The van der Waals surface area contributed by atoms with Crippen LogP contribution in [0.3, 0.4) is 0 Å². The number of carbonyl (C=O) groups excluding carboxylic acids is 1. The monoisotopic (exact) mass is 250 g/mol. The first-order valence-corrected chi connectivity index (χ1v) is 6.36. The van der Waals surface area contributed by atoms with Crippen LogP contribution in [-0.4, -0.2) is 30.2 Å². The second-order valence-corrected chi connectivity index (χ2v) is 4.38. The fourth-order valence-corrected chi connectivity index (χ4v) is 1.87. The van der Waals surface area contributed by atoms with Gasteiger partial charge in [0.1, 0.15) is 0 Å². The quantitative estimate of drug-likeness (QED) is 0.682. The van der Waals surface area contributed by atoms with E-state index in [0.717, 1.165) is 12.1 Å². The Morgan fingerprint density at radius 2 is 2.00 bits per heavy atom. The maximum absolute atomic E-state index is 11.8. The van der Waals surface area contributed by atoms with E-state index in [4.69, 9.17) is 0 Å². The molecule has 0 fully saturated rings. The van der Waals surface area contributed by atoms with Crippen molar-refractivity contribution in [2.75, 3.05) is 13.2 Å². The first-order valence-electron chi connectivity index (χ1n) is 6.36. The molecule has 100 valence electrons. The number of benzene rings is 1. The molecule has 0 radical (unpaired) electrons. The molecule has 0 aliphatic heterocycles. The van der Waals surface area contributed by atoms with Gasteiger partial charge < -0.3 is 15.7 Å². The summed E-state index contributed by atoms with van der Waals surface area (Å²) >= 11 is 0. The number of aliphatic hydroxyl groups is 1. The molecular formula is C14H22N2O2. The number of aliphatic hydroxyl groups excluding tert-OH is 1. The van der Waals surface area contributed by atoms with E-state index in [-0.39, 0.29) is 24.6 Å². The number of amides is 1. The lowest BCUT2D eigenvalue weighted by Crippen LogP contribution is -2.36. The van der Waals surface area contributed by atoms with Gasteiger partial charge >= 0.3 is 0 Å². The molecule has 0 heterocycles. The number of hydrogen-bond acceptors (Lipinski definition) is 3. The van der Waals surface area contributed by atoms with Crippen molar-refractivity contribution in [3.63, 3.8) is 0 Å². The predicted molar refractivity (Wildman–Crippen MR) is 72.2 cm³/mol. The summed E-state index contributed by atoms with van der Waals surface area (Å²) < 4.78 is 0. The summed E-state index contributed by atoms with van der Waals surface area (Å²) in [5.74, 6) is -0.0497. The highest BCUT2D eigenvalue weighted by Gasteiger charge is 2.14. The van der Waals surface area contributed by atoms with Crippen LogP contribution >= 0.6 is 0 Å². The summed E-state index contributed by atoms with van der Waals surface area (Å²) in [6.45, 7) is 4.73. The van der Waals surface area contributed by atoms with E-state index in [1.807, 2.05) is 44.2 Å². The standard InChI is InChI=1S/C14H22N2O2/c1-3-15-11(2)9-14(18)16-13(10-17)12-7-5-4-6-8-12/h4-8,11,13,15,17H,3,9-10H2,1-2H3,(H,16,18). The van der Waals surface area contributed by atoms with Crippen LogP contribution in [0.4, 0.5) is 0 Å². The molecule has 0 saturated carbocycles. The Morgan fingerprint density at radius 1 is 1.33 bits per heavy atom. The minimum atomic E-state index is -0.326. The molecule has 2 atom stereocenters. The van der Waals surface area contributed by atoms with E-state index in [1.54, 1.807) is 0 Å². The van der Waals surface area contributed by atoms with Crippen molar-refractivity contribution in [3.8, 4) is 0 Å². The second kappa shape index (κ2) is 7.84. The molecule has 4 nitrogen and oxygen atoms in total. The van der Waals surface area contributed by atoms with E-state index in [9.17, 15) is 9.90 Å². The molecule has 0 aliphatic carbocycles. The lowest BCUT2D eigenvalue weighted by molar-refractivity contribution is -0.122. The fraction of sp³-hybridized carbons (Fsp3) is 0.500. The molecule has 0 saturated heterocycles. The van der Waals surface area contributed by atoms with Crippen molar-refractivity contribution in [1.82, 2.24) is 10.6 Å². The van der Waals surface area contributed by atoms with Crippen LogP contribution in [0.25, 0.3) is 0 Å². The van der Waals surface area contributed by atoms with Crippen molar-refractivity contribution in [2.45, 2.75) is 32.4 Å². The van der Waals surface area contributed by atoms with Crippen LogP contribution in [0.2, 0.25) is 0 Å². The lowest BCUT2D eigenvalue weighted by Gasteiger charge is -2.18. The highest BCUT2D eigenvalue weighted by Crippen LogP contribution is 2.11. The smallest absolute Gasteiger partial charge is 0.222 e. The van der Waals surface area contributed by atoms with E-state index in [0.29, 0.717) is 6.42 Å². The van der Waals surface area contributed by atoms with Crippen molar-refractivity contribution >= 4 is 5.91 Å². The summed E-state index contributed by atoms with van der Waals surface area (Å²) in [5, 5.41) is 15.4. The number of hydrogen-bond donors (Lipinski definition) is 3. The third-order valence-electron chi connectivity index (χ3n) is 2.76. The highest BCUT2D eigenvalue weighted by atomic mass is 16.3. The maximum atomic E-state index is 11.8. The first-order chi connectivity index (χ1) is 8.67. The van der Waals surface area contributed by atoms with Crippen molar-refractivity contribution in [2.24, 2.45) is 0 Å². The Kier molecular flexibility index (Phi) is 6.39. The molecule has 2 unspecified atom stereocenters. The van der Waals surface area contributed by atoms with Crippen molar-refractivity contribution in [1.29, 1.82) is 0 Å². The Balaban J connectivity index is 2.51. The van der Waals surface area contributed by atoms with Crippen LogP contribution in [0.5, 0.6) is 0 Å². The minimum absolute atomic E-state index is 0.0497. The van der Waals surface area contributed by atoms with Gasteiger partial charge in [-0.25, -0.2) is 0 Å². The van der Waals surface area contributed by atoms with E-state index in [1.165, 1.54) is 0 Å². The zero-order valence-corrected chi connectivity index (χ0v) is 11.0. The van der Waals surface area contributed by atoms with Gasteiger partial charge in [-0.3, -0.25) is 4.79 Å². The third kappa shape index (κ3) is 4.85. The molecule has 0 aliphatic rings. The number of carbonyl (C=O) groups is 1. The molecule has 18 heavy (non-hydrogen) atoms. The Labute approximate surface area is 108 Å². The number of rotatable bonds is 7. The molecule has 1 rings (SSSR count). The summed E-state index contributed by atoms with van der Waals surface area (Å²) in [4.78, 5) is 11.8. The Morgan fingerprint density at radius 3 is 2.56 bits per heavy atom. The fourth-order valence-electron chi connectivity index (χ4n) is 1.87. The zero-order chi connectivity index (χ0) is 13.4. The van der Waals surface area contributed by atoms with Gasteiger partial charge in [0, 0.05) is 12.5 Å². The predicted octanol–water partition coefficient (Wildman–Crippen LogP) is 1.22. The SMILES string of the molecule is CCNC(C)CC(=O)NC(CO)c1ccccc1. The van der Waals surface area contributed by atoms with Crippen LogP contribution in [0.15, 0.2) is 30.3 Å². The molecule has 4 heteroatoms. The van der Waals surface area contributed by atoms with E-state index in [2.05, 4.69) is 10.6 Å². The van der Waals surface area contributed by atoms with E-state index < -0.39 is 0 Å². The minimum Gasteiger partial charge on any atom is -0.394 e. The van der Waals surface area contributed by atoms with Gasteiger partial charge in [0.05, 0.1) is 12.6 Å². The van der Waals surface area contributed by atoms with Gasteiger partial charge in [-0.05, 0) is 19.0 Å². The van der Waals surface area contributed by atoms with Crippen molar-refractivity contribution < 1.29 is 9.90 Å². The van der Waals surface area contributed by atoms with Gasteiger partial charge in [0.25, 0.3) is 0 Å². The second-order valence-electron chi connectivity index (χ2n) is 4.38. The summed E-state index contributed by atoms with van der Waals surface area (Å²) in [5.41, 5.74) is 0.921. The van der Waals surface area contributed by atoms with Gasteiger partial charge in [-0.2, -0.15) is 0 Å². The van der Waals surface area contributed by atoms with Gasteiger partial charge in [0.2, 0.25) is 5.91 Å². The zero-order valence-electron chi connectivity index (χ0n) is 11.0. The molecule has 1 aromatic rings. The first kappa shape index (κ1) is 14.7. The normalized spacial score (nSPS) is 13.9. The number of nitrogens with one attached hydrogen (secondary N) is 2. The third-order valence-corrected chi connectivity index (χ3v) is 2.76. The molecule has 0 aromatic heterocycles. The average Bonchev–Trinajstić information content (AvgIpc) is 2.37. The summed E-state index contributed by atoms with van der Waals surface area (Å²) in [7, 11) is 0. The largest absolute Gasteiger partial charge is 0.394 e. The highest BCUT2D eigenvalue weighted by molar-refractivity contribution is 5.77. The average molecular weight is 250 g/mol. The van der Waals surface area contributed by atoms with Crippen molar-refractivity contribution in [3.05, 3.63) is 35.9 Å². The lowest BCUT2D eigenvalue weighted by atomic mass is 10.1. The molecule has 3 N–H and O–H groups in total. The van der Waals surface area contributed by atoms with E-state index >= 15 is 0 Å². The Bertz CT molecular complexity index is 354. The summed E-state index contributed by atoms with van der Waals surface area (Å²) in [6.07, 6.45) is 0.414.